The van der Waals surface area contributed by atoms with E-state index in [1.165, 1.54) is 4.40 Å². The van der Waals surface area contributed by atoms with Gasteiger partial charge >= 0.3 is 5.82 Å². The van der Waals surface area contributed by atoms with Gasteiger partial charge in [0.15, 0.2) is 0 Å². The summed E-state index contributed by atoms with van der Waals surface area (Å²) < 4.78 is 1.52. The van der Waals surface area contributed by atoms with Gasteiger partial charge in [0.05, 0.1) is 12.7 Å². The zero-order valence-corrected chi connectivity index (χ0v) is 15.9. The third-order valence-electron chi connectivity index (χ3n) is 5.02. The van der Waals surface area contributed by atoms with Crippen LogP contribution in [0, 0.1) is 10.1 Å². The lowest BCUT2D eigenvalue weighted by Crippen LogP contribution is -2.41. The summed E-state index contributed by atoms with van der Waals surface area (Å²) in [4.78, 5) is 34.0. The Kier molecular flexibility index (Phi) is 5.90. The van der Waals surface area contributed by atoms with Crippen LogP contribution in [-0.4, -0.2) is 75.8 Å². The van der Waals surface area contributed by atoms with Crippen LogP contribution in [0.25, 0.3) is 5.65 Å². The van der Waals surface area contributed by atoms with E-state index in [1.807, 2.05) is 29.7 Å². The summed E-state index contributed by atoms with van der Waals surface area (Å²) in [6.45, 7) is 8.54. The maximum Gasteiger partial charge on any atom is 0.372 e. The molecular weight excluding hydrogens is 348 g/mol. The summed E-state index contributed by atoms with van der Waals surface area (Å²) in [7, 11) is 0. The van der Waals surface area contributed by atoms with Gasteiger partial charge in [-0.3, -0.25) is 9.69 Å². The largest absolute Gasteiger partial charge is 0.372 e. The molecule has 0 N–H and O–H groups in total. The Morgan fingerprint density at radius 2 is 2.00 bits per heavy atom. The highest BCUT2D eigenvalue weighted by Gasteiger charge is 2.28. The number of likely N-dealkylation sites (N-methyl/N-ethyl adjacent to an activating group) is 1. The first-order chi connectivity index (χ1) is 13.0. The molecule has 0 spiro atoms. The van der Waals surface area contributed by atoms with E-state index in [2.05, 4.69) is 9.88 Å². The summed E-state index contributed by atoms with van der Waals surface area (Å²) in [5.41, 5.74) is 0.567. The van der Waals surface area contributed by atoms with Crippen LogP contribution < -0.4 is 4.90 Å². The number of fused-ring (bicyclic) bond motifs is 1. The second kappa shape index (κ2) is 8.34. The van der Waals surface area contributed by atoms with Crippen molar-refractivity contribution in [2.75, 3.05) is 50.7 Å². The molecule has 0 aromatic carbocycles. The number of hydrogen-bond donors (Lipinski definition) is 0. The molecule has 1 aliphatic rings. The molecule has 9 nitrogen and oxygen atoms in total. The third kappa shape index (κ3) is 4.02. The molecule has 27 heavy (non-hydrogen) atoms. The Morgan fingerprint density at radius 1 is 1.22 bits per heavy atom. The molecule has 0 aliphatic carbocycles. The number of hydrogen-bond acceptors (Lipinski definition) is 6. The monoisotopic (exact) mass is 374 g/mol. The Labute approximate surface area is 158 Å². The maximum atomic E-state index is 12.4. The van der Waals surface area contributed by atoms with E-state index in [4.69, 9.17) is 0 Å². The quantitative estimate of drug-likeness (QED) is 0.564. The molecule has 0 unspecified atom stereocenters. The van der Waals surface area contributed by atoms with Crippen molar-refractivity contribution in [3.63, 3.8) is 0 Å². The summed E-state index contributed by atoms with van der Waals surface area (Å²) in [5, 5.41) is 11.6. The standard InChI is InChI=1S/C18H26N6O3/c1-3-21(4-2)16(25)14-20-9-7-10-22(13-12-20)17-18(24(26)27)23-11-6-5-8-15(23)19-17/h5-6,8,11H,3-4,7,9-10,12-14H2,1-2H3. The van der Waals surface area contributed by atoms with Gasteiger partial charge < -0.3 is 19.9 Å². The van der Waals surface area contributed by atoms with Crippen molar-refractivity contribution in [3.05, 3.63) is 34.5 Å². The normalized spacial score (nSPS) is 15.7. The molecule has 0 saturated carbocycles. The van der Waals surface area contributed by atoms with Crippen LogP contribution in [0.15, 0.2) is 24.4 Å². The third-order valence-corrected chi connectivity index (χ3v) is 5.02. The van der Waals surface area contributed by atoms with E-state index in [0.29, 0.717) is 50.7 Å². The van der Waals surface area contributed by atoms with Crippen LogP contribution in [-0.2, 0) is 4.79 Å². The van der Waals surface area contributed by atoms with Crippen LogP contribution in [0.5, 0.6) is 0 Å². The van der Waals surface area contributed by atoms with Crippen molar-refractivity contribution in [1.82, 2.24) is 19.2 Å². The Bertz CT molecular complexity index is 817. The lowest BCUT2D eigenvalue weighted by molar-refractivity contribution is -0.389. The molecule has 3 rings (SSSR count). The van der Waals surface area contributed by atoms with Crippen molar-refractivity contribution in [3.8, 4) is 0 Å². The maximum absolute atomic E-state index is 12.4. The molecule has 1 fully saturated rings. The minimum absolute atomic E-state index is 0.00160. The molecule has 146 valence electrons. The number of nitro groups is 1. The number of anilines is 1. The average Bonchev–Trinajstić information content (AvgIpc) is 2.89. The van der Waals surface area contributed by atoms with Gasteiger partial charge in [0.25, 0.3) is 0 Å². The summed E-state index contributed by atoms with van der Waals surface area (Å²) in [5.74, 6) is 0.536. The first-order valence-electron chi connectivity index (χ1n) is 9.41. The molecule has 0 bridgehead atoms. The van der Waals surface area contributed by atoms with Crippen molar-refractivity contribution in [2.45, 2.75) is 20.3 Å². The number of rotatable bonds is 6. The van der Waals surface area contributed by atoms with Gasteiger partial charge in [-0.2, -0.15) is 9.38 Å². The number of amides is 1. The Morgan fingerprint density at radius 3 is 2.70 bits per heavy atom. The smallest absolute Gasteiger partial charge is 0.358 e. The summed E-state index contributed by atoms with van der Waals surface area (Å²) in [6.07, 6.45) is 2.49. The first kappa shape index (κ1) is 19.1. The van der Waals surface area contributed by atoms with E-state index < -0.39 is 0 Å². The van der Waals surface area contributed by atoms with E-state index >= 15 is 0 Å². The average molecular weight is 374 g/mol. The number of carbonyl (C=O) groups excluding carboxylic acids is 1. The van der Waals surface area contributed by atoms with Crippen molar-refractivity contribution in [2.24, 2.45) is 0 Å². The van der Waals surface area contributed by atoms with Gasteiger partial charge in [-0.05, 0) is 31.3 Å². The van der Waals surface area contributed by atoms with Crippen LogP contribution in [0.3, 0.4) is 0 Å². The van der Waals surface area contributed by atoms with Crippen LogP contribution in [0.1, 0.15) is 20.3 Å². The van der Waals surface area contributed by atoms with E-state index in [9.17, 15) is 14.9 Å². The fraction of sp³-hybridized carbons (Fsp3) is 0.556. The van der Waals surface area contributed by atoms with E-state index in [0.717, 1.165) is 13.0 Å². The zero-order valence-electron chi connectivity index (χ0n) is 15.9. The van der Waals surface area contributed by atoms with Gasteiger partial charge in [0.2, 0.25) is 17.4 Å². The molecule has 2 aromatic heterocycles. The first-order valence-corrected chi connectivity index (χ1v) is 9.41. The van der Waals surface area contributed by atoms with Crippen molar-refractivity contribution < 1.29 is 9.72 Å². The second-order valence-electron chi connectivity index (χ2n) is 6.63. The van der Waals surface area contributed by atoms with Gasteiger partial charge in [-0.15, -0.1) is 0 Å². The number of aromatic nitrogens is 2. The van der Waals surface area contributed by atoms with Gasteiger partial charge in [0, 0.05) is 45.3 Å². The fourth-order valence-electron chi connectivity index (χ4n) is 3.56. The van der Waals surface area contributed by atoms with Gasteiger partial charge in [-0.25, -0.2) is 0 Å². The van der Waals surface area contributed by atoms with E-state index in [1.54, 1.807) is 18.3 Å². The molecule has 0 radical (unpaired) electrons. The summed E-state index contributed by atoms with van der Waals surface area (Å²) >= 11 is 0. The molecule has 3 heterocycles. The molecule has 2 aromatic rings. The second-order valence-corrected chi connectivity index (χ2v) is 6.63. The fourth-order valence-corrected chi connectivity index (χ4v) is 3.56. The molecule has 1 saturated heterocycles. The number of imidazole rings is 1. The van der Waals surface area contributed by atoms with Gasteiger partial charge in [-0.1, -0.05) is 6.07 Å². The molecule has 1 aliphatic heterocycles. The highest BCUT2D eigenvalue weighted by atomic mass is 16.6. The van der Waals surface area contributed by atoms with Crippen LogP contribution in [0.2, 0.25) is 0 Å². The highest BCUT2D eigenvalue weighted by Crippen LogP contribution is 2.29. The lowest BCUT2D eigenvalue weighted by Gasteiger charge is -2.25. The minimum Gasteiger partial charge on any atom is -0.358 e. The predicted octanol–water partition coefficient (Wildman–Crippen LogP) is 1.62. The van der Waals surface area contributed by atoms with Gasteiger partial charge in [0.1, 0.15) is 0 Å². The topological polar surface area (TPSA) is 87.2 Å². The number of nitrogens with zero attached hydrogens (tertiary/aromatic N) is 6. The molecule has 1 amide bonds. The SMILES string of the molecule is CCN(CC)C(=O)CN1CCCN(c2nc3ccccn3c2[N+](=O)[O-])CC1. The predicted molar refractivity (Wildman–Crippen MR) is 103 cm³/mol. The van der Waals surface area contributed by atoms with E-state index in [-0.39, 0.29) is 16.6 Å². The van der Waals surface area contributed by atoms with Crippen LogP contribution in [0.4, 0.5) is 11.6 Å². The number of carbonyl (C=O) groups is 1. The Balaban J connectivity index is 1.75. The van der Waals surface area contributed by atoms with Crippen molar-refractivity contribution in [1.29, 1.82) is 0 Å². The molecule has 9 heteroatoms. The highest BCUT2D eigenvalue weighted by molar-refractivity contribution is 5.78. The zero-order chi connectivity index (χ0) is 19.4. The molecular formula is C18H26N6O3. The summed E-state index contributed by atoms with van der Waals surface area (Å²) in [6, 6.07) is 5.34. The molecule has 0 atom stereocenters. The van der Waals surface area contributed by atoms with Crippen LogP contribution >= 0.6 is 0 Å². The minimum atomic E-state index is -0.373. The lowest BCUT2D eigenvalue weighted by atomic mass is 10.3. The number of pyridine rings is 1. The Hall–Kier alpha value is -2.68. The van der Waals surface area contributed by atoms with Crippen molar-refractivity contribution >= 4 is 23.2 Å².